The Hall–Kier alpha value is -1.38. The lowest BCUT2D eigenvalue weighted by Crippen LogP contribution is -2.00. The molecule has 3 nitrogen and oxygen atoms in total. The second-order valence-electron chi connectivity index (χ2n) is 4.87. The van der Waals surface area contributed by atoms with Gasteiger partial charge in [-0.25, -0.2) is 0 Å². The van der Waals surface area contributed by atoms with E-state index in [2.05, 4.69) is 6.92 Å². The molecule has 1 aliphatic carbocycles. The molecule has 2 rings (SSSR count). The Balaban J connectivity index is 1.79. The van der Waals surface area contributed by atoms with E-state index < -0.39 is 0 Å². The fourth-order valence-electron chi connectivity index (χ4n) is 2.14. The maximum absolute atomic E-state index is 5.73. The van der Waals surface area contributed by atoms with Crippen LogP contribution in [0.4, 0.5) is 5.69 Å². The summed E-state index contributed by atoms with van der Waals surface area (Å²) in [7, 11) is 1.64. The first-order chi connectivity index (χ1) is 8.20. The third-order valence-electron chi connectivity index (χ3n) is 3.44. The van der Waals surface area contributed by atoms with Crippen molar-refractivity contribution in [3.8, 4) is 11.5 Å². The summed E-state index contributed by atoms with van der Waals surface area (Å²) in [4.78, 5) is 0. The number of rotatable bonds is 6. The van der Waals surface area contributed by atoms with Gasteiger partial charge < -0.3 is 15.2 Å². The standard InChI is InChI=1S/C14H21NO2/c1-10-8-11(10)4-3-7-17-14-9-12(15)5-6-13(14)16-2/h5-6,9-11H,3-4,7-8,15H2,1-2H3/t10-,11+/m1/s1. The predicted molar refractivity (Wildman–Crippen MR) is 69.4 cm³/mol. The third-order valence-corrected chi connectivity index (χ3v) is 3.44. The van der Waals surface area contributed by atoms with Crippen molar-refractivity contribution in [2.45, 2.75) is 26.2 Å². The van der Waals surface area contributed by atoms with Crippen LogP contribution in [0.1, 0.15) is 26.2 Å². The van der Waals surface area contributed by atoms with E-state index in [0.29, 0.717) is 5.69 Å². The first-order valence-electron chi connectivity index (χ1n) is 6.27. The molecule has 0 radical (unpaired) electrons. The van der Waals surface area contributed by atoms with Gasteiger partial charge >= 0.3 is 0 Å². The van der Waals surface area contributed by atoms with Gasteiger partial charge in [-0.05, 0) is 43.2 Å². The van der Waals surface area contributed by atoms with Gasteiger partial charge in [0.2, 0.25) is 0 Å². The Kier molecular flexibility index (Phi) is 3.77. The van der Waals surface area contributed by atoms with Crippen molar-refractivity contribution in [1.82, 2.24) is 0 Å². The highest BCUT2D eigenvalue weighted by Crippen LogP contribution is 2.41. The van der Waals surface area contributed by atoms with Crippen molar-refractivity contribution >= 4 is 5.69 Å². The van der Waals surface area contributed by atoms with Crippen LogP contribution in [-0.2, 0) is 0 Å². The Morgan fingerprint density at radius 2 is 2.12 bits per heavy atom. The van der Waals surface area contributed by atoms with E-state index >= 15 is 0 Å². The quantitative estimate of drug-likeness (QED) is 0.608. The number of ether oxygens (including phenoxy) is 2. The van der Waals surface area contributed by atoms with E-state index in [9.17, 15) is 0 Å². The topological polar surface area (TPSA) is 44.5 Å². The summed E-state index contributed by atoms with van der Waals surface area (Å²) in [6.07, 6.45) is 3.76. The number of anilines is 1. The van der Waals surface area contributed by atoms with E-state index in [1.54, 1.807) is 7.11 Å². The summed E-state index contributed by atoms with van der Waals surface area (Å²) in [5, 5.41) is 0. The molecule has 0 aromatic heterocycles. The zero-order valence-electron chi connectivity index (χ0n) is 10.6. The van der Waals surface area contributed by atoms with Crippen LogP contribution in [0.15, 0.2) is 18.2 Å². The average molecular weight is 235 g/mol. The summed E-state index contributed by atoms with van der Waals surface area (Å²) in [5.74, 6) is 3.36. The maximum atomic E-state index is 5.73. The monoisotopic (exact) mass is 235 g/mol. The molecule has 2 atom stereocenters. The van der Waals surface area contributed by atoms with E-state index in [1.165, 1.54) is 12.8 Å². The van der Waals surface area contributed by atoms with Crippen LogP contribution in [0, 0.1) is 11.8 Å². The molecule has 0 bridgehead atoms. The molecule has 2 N–H and O–H groups in total. The fourth-order valence-corrected chi connectivity index (χ4v) is 2.14. The Morgan fingerprint density at radius 1 is 1.35 bits per heavy atom. The smallest absolute Gasteiger partial charge is 0.163 e. The molecule has 1 saturated carbocycles. The molecule has 0 heterocycles. The number of hydrogen-bond donors (Lipinski definition) is 1. The molecule has 1 aliphatic rings. The van der Waals surface area contributed by atoms with E-state index in [4.69, 9.17) is 15.2 Å². The summed E-state index contributed by atoms with van der Waals surface area (Å²) in [5.41, 5.74) is 6.43. The minimum atomic E-state index is 0.705. The molecule has 1 fully saturated rings. The zero-order valence-corrected chi connectivity index (χ0v) is 10.6. The van der Waals surface area contributed by atoms with Crippen molar-refractivity contribution in [3.63, 3.8) is 0 Å². The number of nitrogen functional groups attached to an aromatic ring is 1. The van der Waals surface area contributed by atoms with Gasteiger partial charge in [-0.3, -0.25) is 0 Å². The number of benzene rings is 1. The molecule has 0 unspecified atom stereocenters. The first-order valence-corrected chi connectivity index (χ1v) is 6.27. The molecular weight excluding hydrogens is 214 g/mol. The first kappa shape index (κ1) is 12.1. The molecular formula is C14H21NO2. The van der Waals surface area contributed by atoms with Crippen molar-refractivity contribution in [1.29, 1.82) is 0 Å². The fraction of sp³-hybridized carbons (Fsp3) is 0.571. The number of hydrogen-bond acceptors (Lipinski definition) is 3. The minimum Gasteiger partial charge on any atom is -0.493 e. The molecule has 94 valence electrons. The summed E-state index contributed by atoms with van der Waals surface area (Å²) >= 11 is 0. The third kappa shape index (κ3) is 3.29. The van der Waals surface area contributed by atoms with Crippen molar-refractivity contribution < 1.29 is 9.47 Å². The van der Waals surface area contributed by atoms with Gasteiger partial charge in [0.05, 0.1) is 13.7 Å². The van der Waals surface area contributed by atoms with Gasteiger partial charge in [-0.15, -0.1) is 0 Å². The Bertz CT molecular complexity index is 378. The zero-order chi connectivity index (χ0) is 12.3. The molecule has 0 amide bonds. The van der Waals surface area contributed by atoms with Crippen molar-refractivity contribution in [2.24, 2.45) is 11.8 Å². The largest absolute Gasteiger partial charge is 0.493 e. The van der Waals surface area contributed by atoms with Crippen LogP contribution in [0.3, 0.4) is 0 Å². The Labute approximate surface area is 103 Å². The van der Waals surface area contributed by atoms with Gasteiger partial charge in [-0.2, -0.15) is 0 Å². The van der Waals surface area contributed by atoms with Gasteiger partial charge in [0.25, 0.3) is 0 Å². The molecule has 0 spiro atoms. The molecule has 1 aromatic rings. The summed E-state index contributed by atoms with van der Waals surface area (Å²) < 4.78 is 10.9. The SMILES string of the molecule is COc1ccc(N)cc1OCCC[C@H]1C[C@H]1C. The van der Waals surface area contributed by atoms with Gasteiger partial charge in [0, 0.05) is 11.8 Å². The second-order valence-corrected chi connectivity index (χ2v) is 4.87. The Morgan fingerprint density at radius 3 is 2.76 bits per heavy atom. The molecule has 17 heavy (non-hydrogen) atoms. The molecule has 1 aromatic carbocycles. The predicted octanol–water partition coefficient (Wildman–Crippen LogP) is 3.09. The second kappa shape index (κ2) is 5.30. The number of nitrogens with two attached hydrogens (primary N) is 1. The summed E-state index contributed by atoms with van der Waals surface area (Å²) in [6, 6.07) is 5.48. The number of methoxy groups -OCH3 is 1. The van der Waals surface area contributed by atoms with Crippen molar-refractivity contribution in [3.05, 3.63) is 18.2 Å². The molecule has 0 aliphatic heterocycles. The van der Waals surface area contributed by atoms with Crippen LogP contribution in [0.2, 0.25) is 0 Å². The van der Waals surface area contributed by atoms with Crippen LogP contribution >= 0.6 is 0 Å². The van der Waals surface area contributed by atoms with E-state index in [-0.39, 0.29) is 0 Å². The van der Waals surface area contributed by atoms with Gasteiger partial charge in [0.1, 0.15) is 0 Å². The van der Waals surface area contributed by atoms with E-state index in [1.807, 2.05) is 18.2 Å². The lowest BCUT2D eigenvalue weighted by Gasteiger charge is -2.11. The average Bonchev–Trinajstić information content (AvgIpc) is 3.01. The maximum Gasteiger partial charge on any atom is 0.163 e. The van der Waals surface area contributed by atoms with Crippen molar-refractivity contribution in [2.75, 3.05) is 19.5 Å². The highest BCUT2D eigenvalue weighted by molar-refractivity contribution is 5.51. The molecule has 0 saturated heterocycles. The van der Waals surface area contributed by atoms with Gasteiger partial charge in [0.15, 0.2) is 11.5 Å². The minimum absolute atomic E-state index is 0.705. The van der Waals surface area contributed by atoms with Gasteiger partial charge in [-0.1, -0.05) is 6.92 Å². The molecule has 3 heteroatoms. The highest BCUT2D eigenvalue weighted by atomic mass is 16.5. The van der Waals surface area contributed by atoms with Crippen LogP contribution in [-0.4, -0.2) is 13.7 Å². The van der Waals surface area contributed by atoms with E-state index in [0.717, 1.165) is 36.4 Å². The lowest BCUT2D eigenvalue weighted by molar-refractivity contribution is 0.283. The summed E-state index contributed by atoms with van der Waals surface area (Å²) in [6.45, 7) is 3.05. The normalized spacial score (nSPS) is 22.2. The van der Waals surface area contributed by atoms with Crippen LogP contribution in [0.25, 0.3) is 0 Å². The lowest BCUT2D eigenvalue weighted by atomic mass is 10.2. The highest BCUT2D eigenvalue weighted by Gasteiger charge is 2.31. The van der Waals surface area contributed by atoms with Crippen LogP contribution in [0.5, 0.6) is 11.5 Å². The van der Waals surface area contributed by atoms with Crippen LogP contribution < -0.4 is 15.2 Å².